The molecule has 0 saturated carbocycles. The van der Waals surface area contributed by atoms with Crippen LogP contribution in [0.3, 0.4) is 0 Å². The predicted octanol–water partition coefficient (Wildman–Crippen LogP) is 3.29. The van der Waals surface area contributed by atoms with Crippen molar-refractivity contribution in [2.45, 2.75) is 25.6 Å². The number of rotatable bonds is 5. The van der Waals surface area contributed by atoms with Gasteiger partial charge in [0.1, 0.15) is 5.82 Å². The third kappa shape index (κ3) is 4.23. The van der Waals surface area contributed by atoms with Crippen molar-refractivity contribution in [2.24, 2.45) is 0 Å². The van der Waals surface area contributed by atoms with Crippen LogP contribution >= 0.6 is 0 Å². The fraction of sp³-hybridized carbons (Fsp3) is 0.286. The lowest BCUT2D eigenvalue weighted by atomic mass is 10.0. The Morgan fingerprint density at radius 2 is 2.22 bits per heavy atom. The molecule has 0 unspecified atom stereocenters. The number of nitrogens with zero attached hydrogens (tertiary/aromatic N) is 3. The first-order valence-corrected chi connectivity index (χ1v) is 9.19. The summed E-state index contributed by atoms with van der Waals surface area (Å²) in [4.78, 5) is 26.3. The van der Waals surface area contributed by atoms with Gasteiger partial charge in [0.2, 0.25) is 0 Å². The van der Waals surface area contributed by atoms with Crippen LogP contribution in [0.1, 0.15) is 28.8 Å². The molecule has 3 aromatic rings. The number of carbonyl (C=O) groups is 1. The van der Waals surface area contributed by atoms with Crippen LogP contribution in [0.15, 0.2) is 61.2 Å². The highest BCUT2D eigenvalue weighted by molar-refractivity contribution is 5.95. The third-order valence-electron chi connectivity index (χ3n) is 4.76. The van der Waals surface area contributed by atoms with Crippen LogP contribution in [-0.4, -0.2) is 45.0 Å². The molecule has 2 aromatic heterocycles. The number of pyridine rings is 1. The topological polar surface area (TPSA) is 71.1 Å². The zero-order chi connectivity index (χ0) is 18.5. The number of aromatic nitrogens is 3. The summed E-state index contributed by atoms with van der Waals surface area (Å²) in [5.74, 6) is 0.805. The number of hydrogen-bond donors (Lipinski definition) is 1. The van der Waals surface area contributed by atoms with E-state index in [1.165, 1.54) is 0 Å². The van der Waals surface area contributed by atoms with Crippen LogP contribution in [0, 0.1) is 0 Å². The summed E-state index contributed by atoms with van der Waals surface area (Å²) in [7, 11) is 0. The number of imidazole rings is 1. The van der Waals surface area contributed by atoms with Crippen molar-refractivity contribution in [3.05, 3.63) is 72.3 Å². The third-order valence-corrected chi connectivity index (χ3v) is 4.76. The van der Waals surface area contributed by atoms with Gasteiger partial charge in [0.25, 0.3) is 5.91 Å². The van der Waals surface area contributed by atoms with Crippen LogP contribution in [0.4, 0.5) is 0 Å². The molecule has 1 saturated heterocycles. The van der Waals surface area contributed by atoms with Gasteiger partial charge in [-0.1, -0.05) is 18.2 Å². The number of amides is 1. The molecule has 6 heteroatoms. The van der Waals surface area contributed by atoms with Crippen LogP contribution in [0.25, 0.3) is 11.4 Å². The van der Waals surface area contributed by atoms with Crippen molar-refractivity contribution < 1.29 is 9.53 Å². The molecule has 1 aliphatic heterocycles. The van der Waals surface area contributed by atoms with Gasteiger partial charge >= 0.3 is 0 Å². The van der Waals surface area contributed by atoms with E-state index in [4.69, 9.17) is 4.74 Å². The number of aromatic amines is 1. The molecule has 1 atom stereocenters. The van der Waals surface area contributed by atoms with E-state index in [1.807, 2.05) is 47.5 Å². The molecule has 4 rings (SSSR count). The van der Waals surface area contributed by atoms with Gasteiger partial charge < -0.3 is 14.6 Å². The van der Waals surface area contributed by atoms with Crippen LogP contribution in [-0.2, 0) is 11.3 Å². The summed E-state index contributed by atoms with van der Waals surface area (Å²) in [5, 5.41) is 0. The smallest absolute Gasteiger partial charge is 0.253 e. The van der Waals surface area contributed by atoms with E-state index < -0.39 is 0 Å². The number of ether oxygens (including phenoxy) is 1. The summed E-state index contributed by atoms with van der Waals surface area (Å²) < 4.78 is 6.02. The molecule has 0 spiro atoms. The molecule has 1 amide bonds. The first-order chi connectivity index (χ1) is 13.3. The molecule has 138 valence electrons. The van der Waals surface area contributed by atoms with Crippen molar-refractivity contribution in [1.29, 1.82) is 0 Å². The number of nitrogens with one attached hydrogen (secondary N) is 1. The molecule has 1 N–H and O–H groups in total. The van der Waals surface area contributed by atoms with Gasteiger partial charge in [0.05, 0.1) is 12.7 Å². The van der Waals surface area contributed by atoms with Crippen molar-refractivity contribution in [3.63, 3.8) is 0 Å². The van der Waals surface area contributed by atoms with Crippen LogP contribution in [0.5, 0.6) is 0 Å². The molecule has 6 nitrogen and oxygen atoms in total. The van der Waals surface area contributed by atoms with Gasteiger partial charge in [-0.2, -0.15) is 0 Å². The van der Waals surface area contributed by atoms with E-state index in [0.29, 0.717) is 18.7 Å². The number of likely N-dealkylation sites (tertiary alicyclic amines) is 1. The SMILES string of the molecule is O=C(c1cccc(-c2ncc[nH]2)c1)N1CCC[C@@H](OCc2cccnc2)C1. The minimum atomic E-state index is 0.0399. The van der Waals surface area contributed by atoms with E-state index in [0.717, 1.165) is 36.3 Å². The Morgan fingerprint density at radius 3 is 3.04 bits per heavy atom. The van der Waals surface area contributed by atoms with E-state index in [9.17, 15) is 4.79 Å². The van der Waals surface area contributed by atoms with Crippen molar-refractivity contribution in [2.75, 3.05) is 13.1 Å². The second kappa shape index (κ2) is 8.14. The molecule has 1 aliphatic rings. The summed E-state index contributed by atoms with van der Waals surface area (Å²) in [6.07, 6.45) is 9.01. The maximum atomic E-state index is 13.0. The normalized spacial score (nSPS) is 17.0. The number of benzene rings is 1. The minimum absolute atomic E-state index is 0.0399. The first-order valence-electron chi connectivity index (χ1n) is 9.19. The van der Waals surface area contributed by atoms with Crippen molar-refractivity contribution in [3.8, 4) is 11.4 Å². The molecular formula is C21H22N4O2. The fourth-order valence-corrected chi connectivity index (χ4v) is 3.36. The Bertz CT molecular complexity index is 880. The van der Waals surface area contributed by atoms with Gasteiger partial charge in [-0.25, -0.2) is 4.98 Å². The lowest BCUT2D eigenvalue weighted by molar-refractivity contribution is -0.00681. The number of piperidine rings is 1. The molecule has 3 heterocycles. The summed E-state index contributed by atoms with van der Waals surface area (Å²) in [6, 6.07) is 11.5. The van der Waals surface area contributed by atoms with Gasteiger partial charge in [0.15, 0.2) is 0 Å². The average Bonchev–Trinajstić information content (AvgIpc) is 3.28. The molecule has 0 bridgehead atoms. The molecule has 1 fully saturated rings. The van der Waals surface area contributed by atoms with Crippen LogP contribution in [0.2, 0.25) is 0 Å². The zero-order valence-electron chi connectivity index (χ0n) is 15.0. The average molecular weight is 362 g/mol. The molecule has 27 heavy (non-hydrogen) atoms. The van der Waals surface area contributed by atoms with Gasteiger partial charge in [0, 0.05) is 49.0 Å². The first kappa shape index (κ1) is 17.4. The quantitative estimate of drug-likeness (QED) is 0.756. The highest BCUT2D eigenvalue weighted by Gasteiger charge is 2.25. The summed E-state index contributed by atoms with van der Waals surface area (Å²) in [5.41, 5.74) is 2.64. The van der Waals surface area contributed by atoms with Gasteiger partial charge in [-0.3, -0.25) is 9.78 Å². The molecule has 0 aliphatic carbocycles. The second-order valence-electron chi connectivity index (χ2n) is 6.71. The molecular weight excluding hydrogens is 340 g/mol. The Morgan fingerprint density at radius 1 is 1.26 bits per heavy atom. The molecule has 1 aromatic carbocycles. The minimum Gasteiger partial charge on any atom is -0.372 e. The molecule has 0 radical (unpaired) electrons. The number of hydrogen-bond acceptors (Lipinski definition) is 4. The predicted molar refractivity (Wildman–Crippen MR) is 102 cm³/mol. The van der Waals surface area contributed by atoms with Crippen LogP contribution < -0.4 is 0 Å². The standard InChI is InChI=1S/C21H22N4O2/c26-21(18-6-1-5-17(12-18)20-23-9-10-24-20)25-11-3-7-19(14-25)27-15-16-4-2-8-22-13-16/h1-2,4-6,8-10,12-13,19H,3,7,11,14-15H2,(H,23,24)/t19-/m1/s1. The number of carbonyl (C=O) groups excluding carboxylic acids is 1. The van der Waals surface area contributed by atoms with E-state index >= 15 is 0 Å². The lowest BCUT2D eigenvalue weighted by Crippen LogP contribution is -2.43. The maximum absolute atomic E-state index is 13.0. The van der Waals surface area contributed by atoms with Crippen molar-refractivity contribution in [1.82, 2.24) is 19.9 Å². The highest BCUT2D eigenvalue weighted by atomic mass is 16.5. The van der Waals surface area contributed by atoms with Crippen molar-refractivity contribution >= 4 is 5.91 Å². The highest BCUT2D eigenvalue weighted by Crippen LogP contribution is 2.20. The lowest BCUT2D eigenvalue weighted by Gasteiger charge is -2.32. The zero-order valence-corrected chi connectivity index (χ0v) is 15.0. The maximum Gasteiger partial charge on any atom is 0.253 e. The van der Waals surface area contributed by atoms with E-state index in [1.54, 1.807) is 18.6 Å². The Kier molecular flexibility index (Phi) is 5.25. The van der Waals surface area contributed by atoms with Gasteiger partial charge in [-0.05, 0) is 36.6 Å². The Hall–Kier alpha value is -2.99. The monoisotopic (exact) mass is 362 g/mol. The largest absolute Gasteiger partial charge is 0.372 e. The summed E-state index contributed by atoms with van der Waals surface area (Å²) >= 11 is 0. The summed E-state index contributed by atoms with van der Waals surface area (Å²) in [6.45, 7) is 1.90. The second-order valence-corrected chi connectivity index (χ2v) is 6.71. The fourth-order valence-electron chi connectivity index (χ4n) is 3.36. The number of H-pyrrole nitrogens is 1. The van der Waals surface area contributed by atoms with Gasteiger partial charge in [-0.15, -0.1) is 0 Å². The van der Waals surface area contributed by atoms with E-state index in [2.05, 4.69) is 15.0 Å². The Labute approximate surface area is 158 Å². The Balaban J connectivity index is 1.40. The van der Waals surface area contributed by atoms with E-state index in [-0.39, 0.29) is 12.0 Å².